The zero-order valence-electron chi connectivity index (χ0n) is 16.2. The van der Waals surface area contributed by atoms with Gasteiger partial charge in [0.25, 0.3) is 15.7 Å². The molecule has 0 aromatic heterocycles. The van der Waals surface area contributed by atoms with Gasteiger partial charge in [0.05, 0.1) is 21.6 Å². The summed E-state index contributed by atoms with van der Waals surface area (Å²) < 4.78 is 33.4. The third-order valence-corrected chi connectivity index (χ3v) is 5.51. The molecule has 0 unspecified atom stereocenters. The number of hydrogen-bond acceptors (Lipinski definition) is 5. The van der Waals surface area contributed by atoms with E-state index in [0.717, 1.165) is 22.8 Å². The van der Waals surface area contributed by atoms with Gasteiger partial charge in [0.2, 0.25) is 0 Å². The highest BCUT2D eigenvalue weighted by Gasteiger charge is 2.18. The quantitative estimate of drug-likeness (QED) is 0.448. The van der Waals surface area contributed by atoms with Gasteiger partial charge in [-0.1, -0.05) is 23.8 Å². The maximum atomic E-state index is 12.6. The molecular formula is C21H20N2O5S. The molecule has 3 aromatic carbocycles. The number of aryl methyl sites for hydroxylation is 3. The van der Waals surface area contributed by atoms with E-state index in [-0.39, 0.29) is 22.0 Å². The van der Waals surface area contributed by atoms with E-state index in [4.69, 9.17) is 4.74 Å². The van der Waals surface area contributed by atoms with Crippen molar-refractivity contribution in [2.75, 3.05) is 4.72 Å². The lowest BCUT2D eigenvalue weighted by molar-refractivity contribution is -0.384. The van der Waals surface area contributed by atoms with Crippen LogP contribution in [0.1, 0.15) is 16.7 Å². The summed E-state index contributed by atoms with van der Waals surface area (Å²) in [6.07, 6.45) is 0. The molecule has 0 amide bonds. The van der Waals surface area contributed by atoms with Crippen molar-refractivity contribution in [2.45, 2.75) is 25.7 Å². The summed E-state index contributed by atoms with van der Waals surface area (Å²) in [5.41, 5.74) is 2.63. The first-order valence-corrected chi connectivity index (χ1v) is 10.3. The van der Waals surface area contributed by atoms with E-state index in [1.54, 1.807) is 24.3 Å². The third kappa shape index (κ3) is 5.11. The number of non-ortho nitro benzene ring substituents is 1. The molecule has 0 spiro atoms. The van der Waals surface area contributed by atoms with E-state index >= 15 is 0 Å². The minimum atomic E-state index is -3.90. The lowest BCUT2D eigenvalue weighted by Crippen LogP contribution is -2.13. The van der Waals surface area contributed by atoms with Gasteiger partial charge in [0, 0.05) is 12.1 Å². The molecule has 0 aliphatic rings. The van der Waals surface area contributed by atoms with Gasteiger partial charge in [-0.2, -0.15) is 0 Å². The van der Waals surface area contributed by atoms with Crippen LogP contribution in [0.4, 0.5) is 11.4 Å². The number of nitro benzene ring substituents is 1. The molecule has 1 N–H and O–H groups in total. The van der Waals surface area contributed by atoms with E-state index in [9.17, 15) is 18.5 Å². The van der Waals surface area contributed by atoms with Gasteiger partial charge in [0.1, 0.15) is 11.5 Å². The largest absolute Gasteiger partial charge is 0.457 e. The smallest absolute Gasteiger partial charge is 0.275 e. The summed E-state index contributed by atoms with van der Waals surface area (Å²) >= 11 is 0. The van der Waals surface area contributed by atoms with Gasteiger partial charge in [0.15, 0.2) is 0 Å². The van der Waals surface area contributed by atoms with Gasteiger partial charge < -0.3 is 4.74 Å². The average molecular weight is 412 g/mol. The third-order valence-electron chi connectivity index (χ3n) is 4.12. The van der Waals surface area contributed by atoms with Crippen LogP contribution in [-0.2, 0) is 10.0 Å². The van der Waals surface area contributed by atoms with Crippen molar-refractivity contribution in [1.82, 2.24) is 0 Å². The highest BCUT2D eigenvalue weighted by Crippen LogP contribution is 2.31. The molecule has 0 aliphatic heterocycles. The van der Waals surface area contributed by atoms with Crippen molar-refractivity contribution >= 4 is 21.4 Å². The van der Waals surface area contributed by atoms with Gasteiger partial charge in [-0.15, -0.1) is 0 Å². The molecule has 0 heterocycles. The number of rotatable bonds is 6. The molecule has 0 saturated heterocycles. The summed E-state index contributed by atoms with van der Waals surface area (Å²) in [7, 11) is -3.90. The van der Waals surface area contributed by atoms with E-state index in [0.29, 0.717) is 5.75 Å². The zero-order valence-corrected chi connectivity index (χ0v) is 17.0. The number of hydrogen-bond donors (Lipinski definition) is 1. The molecular weight excluding hydrogens is 392 g/mol. The van der Waals surface area contributed by atoms with E-state index in [1.165, 1.54) is 24.3 Å². The highest BCUT2D eigenvalue weighted by molar-refractivity contribution is 7.92. The van der Waals surface area contributed by atoms with Crippen molar-refractivity contribution in [3.05, 3.63) is 87.5 Å². The Balaban J connectivity index is 1.96. The fraction of sp³-hybridized carbons (Fsp3) is 0.143. The van der Waals surface area contributed by atoms with Crippen LogP contribution >= 0.6 is 0 Å². The lowest BCUT2D eigenvalue weighted by Gasteiger charge is -2.12. The van der Waals surface area contributed by atoms with Gasteiger partial charge in [-0.05, 0) is 56.2 Å². The molecule has 0 aliphatic carbocycles. The molecule has 0 atom stereocenters. The minimum Gasteiger partial charge on any atom is -0.457 e. The number of sulfonamides is 1. The predicted molar refractivity (Wildman–Crippen MR) is 111 cm³/mol. The van der Waals surface area contributed by atoms with Crippen LogP contribution in [0, 0.1) is 30.9 Å². The molecule has 0 radical (unpaired) electrons. The maximum Gasteiger partial charge on any atom is 0.275 e. The van der Waals surface area contributed by atoms with Crippen molar-refractivity contribution < 1.29 is 18.1 Å². The SMILES string of the molecule is Cc1ccc(S(=O)(=O)Nc2cc(Oc3cc(C)cc(C)c3)cc([N+](=O)[O-])c2)cc1. The first-order valence-electron chi connectivity index (χ1n) is 8.77. The second-order valence-corrected chi connectivity index (χ2v) is 8.50. The fourth-order valence-electron chi connectivity index (χ4n) is 2.87. The Morgan fingerprint density at radius 2 is 1.41 bits per heavy atom. The van der Waals surface area contributed by atoms with Crippen molar-refractivity contribution in [3.8, 4) is 11.5 Å². The Labute approximate surface area is 169 Å². The molecule has 0 saturated carbocycles. The van der Waals surface area contributed by atoms with Crippen molar-refractivity contribution in [1.29, 1.82) is 0 Å². The monoisotopic (exact) mass is 412 g/mol. The molecule has 3 aromatic rings. The molecule has 7 nitrogen and oxygen atoms in total. The Bertz CT molecular complexity index is 1150. The van der Waals surface area contributed by atoms with Gasteiger partial charge in [-0.3, -0.25) is 14.8 Å². The van der Waals surface area contributed by atoms with Crippen LogP contribution in [0.15, 0.2) is 65.6 Å². The van der Waals surface area contributed by atoms with E-state index < -0.39 is 14.9 Å². The molecule has 0 fully saturated rings. The van der Waals surface area contributed by atoms with Crippen LogP contribution in [-0.4, -0.2) is 13.3 Å². The lowest BCUT2D eigenvalue weighted by atomic mass is 10.1. The van der Waals surface area contributed by atoms with E-state index in [2.05, 4.69) is 4.72 Å². The molecule has 3 rings (SSSR count). The summed E-state index contributed by atoms with van der Waals surface area (Å²) in [6.45, 7) is 5.67. The molecule has 0 bridgehead atoms. The Kier molecular flexibility index (Phi) is 5.56. The number of anilines is 1. The van der Waals surface area contributed by atoms with Crippen LogP contribution < -0.4 is 9.46 Å². The second-order valence-electron chi connectivity index (χ2n) is 6.82. The number of benzene rings is 3. The summed E-state index contributed by atoms with van der Waals surface area (Å²) in [6, 6.07) is 15.7. The molecule has 8 heteroatoms. The average Bonchev–Trinajstić information content (AvgIpc) is 2.60. The maximum absolute atomic E-state index is 12.6. The van der Waals surface area contributed by atoms with Crippen molar-refractivity contribution in [2.24, 2.45) is 0 Å². The Morgan fingerprint density at radius 3 is 2.00 bits per heavy atom. The topological polar surface area (TPSA) is 98.5 Å². The van der Waals surface area contributed by atoms with E-state index in [1.807, 2.05) is 26.8 Å². The summed E-state index contributed by atoms with van der Waals surface area (Å²) in [4.78, 5) is 10.8. The highest BCUT2D eigenvalue weighted by atomic mass is 32.2. The zero-order chi connectivity index (χ0) is 21.2. The fourth-order valence-corrected chi connectivity index (χ4v) is 3.91. The minimum absolute atomic E-state index is 0.0409. The van der Waals surface area contributed by atoms with Gasteiger partial charge >= 0.3 is 0 Å². The number of nitrogens with zero attached hydrogens (tertiary/aromatic N) is 1. The van der Waals surface area contributed by atoms with Crippen LogP contribution in [0.5, 0.6) is 11.5 Å². The molecule has 29 heavy (non-hydrogen) atoms. The molecule has 150 valence electrons. The standard InChI is InChI=1S/C21H20N2O5S/c1-14-4-6-21(7-5-14)29(26,27)22-17-11-18(23(24)25)13-20(12-17)28-19-9-15(2)8-16(3)10-19/h4-13,22H,1-3H3. The van der Waals surface area contributed by atoms with Crippen molar-refractivity contribution in [3.63, 3.8) is 0 Å². The number of ether oxygens (including phenoxy) is 1. The summed E-state index contributed by atoms with van der Waals surface area (Å²) in [5.74, 6) is 0.668. The van der Waals surface area contributed by atoms with Gasteiger partial charge in [-0.25, -0.2) is 8.42 Å². The number of nitrogens with one attached hydrogen (secondary N) is 1. The first-order chi connectivity index (χ1) is 13.6. The summed E-state index contributed by atoms with van der Waals surface area (Å²) in [5, 5.41) is 11.3. The second kappa shape index (κ2) is 7.92. The predicted octanol–water partition coefficient (Wildman–Crippen LogP) is 5.11. The van der Waals surface area contributed by atoms with Crippen LogP contribution in [0.3, 0.4) is 0 Å². The Morgan fingerprint density at radius 1 is 0.828 bits per heavy atom. The van der Waals surface area contributed by atoms with Crippen LogP contribution in [0.25, 0.3) is 0 Å². The Hall–Kier alpha value is -3.39. The normalized spacial score (nSPS) is 11.1. The number of nitro groups is 1. The first kappa shape index (κ1) is 20.3. The van der Waals surface area contributed by atoms with Crippen LogP contribution in [0.2, 0.25) is 0 Å².